The Morgan fingerprint density at radius 3 is 2.55 bits per heavy atom. The maximum atomic E-state index is 13.4. The molecule has 2 fully saturated rings. The number of carbonyl (C=O) groups excluding carboxylic acids is 3. The SMILES string of the molecule is CC(C)(C)NC(=O)C1[C@H](CSc2ccccc2)NC(=O)[C@H](CO)NC(=O)[C@@H]2CCCN12. The number of benzene rings is 1. The standard InChI is InChI=1S/C22H32N4O4S/c1-22(2,3)25-21(30)18-16(13-31-14-8-5-4-6-9-14)24-19(28)15(12-27)23-20(29)17-10-7-11-26(17)18/h4-6,8-9,15-18,27H,7,10-13H2,1-3H3,(H,23,29)(H,24,28)(H,25,30)/t15-,16-,17-,18?/m0/s1. The van der Waals surface area contributed by atoms with E-state index in [1.807, 2.05) is 56.0 Å². The van der Waals surface area contributed by atoms with Crippen LogP contribution in [0.25, 0.3) is 0 Å². The van der Waals surface area contributed by atoms with Crippen LogP contribution < -0.4 is 16.0 Å². The number of rotatable bonds is 5. The highest BCUT2D eigenvalue weighted by atomic mass is 32.2. The highest BCUT2D eigenvalue weighted by Gasteiger charge is 2.45. The Bertz CT molecular complexity index is 798. The van der Waals surface area contributed by atoms with E-state index in [1.54, 1.807) is 11.8 Å². The molecule has 1 aromatic rings. The van der Waals surface area contributed by atoms with Crippen LogP contribution in [0.1, 0.15) is 33.6 Å². The normalized spacial score (nSPS) is 27.4. The predicted molar refractivity (Wildman–Crippen MR) is 120 cm³/mol. The zero-order valence-electron chi connectivity index (χ0n) is 18.3. The molecule has 0 aliphatic carbocycles. The number of thioether (sulfide) groups is 1. The molecule has 31 heavy (non-hydrogen) atoms. The van der Waals surface area contributed by atoms with E-state index in [1.165, 1.54) is 0 Å². The number of hydrogen-bond acceptors (Lipinski definition) is 6. The van der Waals surface area contributed by atoms with Crippen molar-refractivity contribution >= 4 is 29.5 Å². The third kappa shape index (κ3) is 5.99. The molecule has 4 atom stereocenters. The first-order valence-electron chi connectivity index (χ1n) is 10.7. The molecule has 170 valence electrons. The van der Waals surface area contributed by atoms with Crippen molar-refractivity contribution in [2.75, 3.05) is 18.9 Å². The van der Waals surface area contributed by atoms with Crippen molar-refractivity contribution in [1.29, 1.82) is 0 Å². The lowest BCUT2D eigenvalue weighted by molar-refractivity contribution is -0.133. The Balaban J connectivity index is 1.95. The van der Waals surface area contributed by atoms with E-state index in [2.05, 4.69) is 16.0 Å². The fraction of sp³-hybridized carbons (Fsp3) is 0.591. The van der Waals surface area contributed by atoms with Crippen LogP contribution in [0.3, 0.4) is 0 Å². The fourth-order valence-corrected chi connectivity index (χ4v) is 5.06. The second kappa shape index (κ2) is 10.0. The minimum absolute atomic E-state index is 0.214. The summed E-state index contributed by atoms with van der Waals surface area (Å²) in [5.41, 5.74) is -0.457. The lowest BCUT2D eigenvalue weighted by Gasteiger charge is -2.37. The van der Waals surface area contributed by atoms with Crippen molar-refractivity contribution in [1.82, 2.24) is 20.9 Å². The molecule has 0 spiro atoms. The van der Waals surface area contributed by atoms with Gasteiger partial charge in [0.05, 0.1) is 18.7 Å². The fourth-order valence-electron chi connectivity index (χ4n) is 4.07. The predicted octanol–water partition coefficient (Wildman–Crippen LogP) is 0.502. The molecule has 3 amide bonds. The molecule has 2 aliphatic rings. The van der Waals surface area contributed by atoms with Crippen molar-refractivity contribution < 1.29 is 19.5 Å². The molecule has 3 rings (SSSR count). The van der Waals surface area contributed by atoms with Gasteiger partial charge in [-0.05, 0) is 52.3 Å². The average Bonchev–Trinajstić information content (AvgIpc) is 3.19. The van der Waals surface area contributed by atoms with Gasteiger partial charge < -0.3 is 21.1 Å². The van der Waals surface area contributed by atoms with Gasteiger partial charge in [-0.3, -0.25) is 19.3 Å². The van der Waals surface area contributed by atoms with Crippen LogP contribution in [0.15, 0.2) is 35.2 Å². The van der Waals surface area contributed by atoms with E-state index in [-0.39, 0.29) is 11.8 Å². The smallest absolute Gasteiger partial charge is 0.245 e. The molecule has 8 nitrogen and oxygen atoms in total. The van der Waals surface area contributed by atoms with Crippen molar-refractivity contribution in [2.24, 2.45) is 0 Å². The second-order valence-corrected chi connectivity index (χ2v) is 10.2. The second-order valence-electron chi connectivity index (χ2n) is 9.06. The van der Waals surface area contributed by atoms with Crippen LogP contribution in [-0.4, -0.2) is 76.3 Å². The quantitative estimate of drug-likeness (QED) is 0.489. The number of nitrogens with zero attached hydrogens (tertiary/aromatic N) is 1. The molecule has 9 heteroatoms. The maximum Gasteiger partial charge on any atom is 0.245 e. The summed E-state index contributed by atoms with van der Waals surface area (Å²) in [5, 5.41) is 18.3. The van der Waals surface area contributed by atoms with Crippen LogP contribution in [0, 0.1) is 0 Å². The van der Waals surface area contributed by atoms with Crippen LogP contribution >= 0.6 is 11.8 Å². The van der Waals surface area contributed by atoms with E-state index in [4.69, 9.17) is 0 Å². The zero-order valence-corrected chi connectivity index (χ0v) is 19.1. The Hall–Kier alpha value is -2.10. The molecule has 0 bridgehead atoms. The Morgan fingerprint density at radius 2 is 1.90 bits per heavy atom. The summed E-state index contributed by atoms with van der Waals surface area (Å²) < 4.78 is 0. The van der Waals surface area contributed by atoms with Gasteiger partial charge in [0.15, 0.2) is 0 Å². The van der Waals surface area contributed by atoms with Gasteiger partial charge in [0.25, 0.3) is 0 Å². The molecule has 0 aromatic heterocycles. The number of fused-ring (bicyclic) bond motifs is 1. The lowest BCUT2D eigenvalue weighted by Crippen LogP contribution is -2.63. The largest absolute Gasteiger partial charge is 0.394 e. The Morgan fingerprint density at radius 1 is 1.19 bits per heavy atom. The number of aliphatic hydroxyl groups excluding tert-OH is 1. The summed E-state index contributed by atoms with van der Waals surface area (Å²) >= 11 is 1.55. The average molecular weight is 449 g/mol. The molecule has 2 heterocycles. The van der Waals surface area contributed by atoms with Crippen LogP contribution in [-0.2, 0) is 14.4 Å². The van der Waals surface area contributed by atoms with E-state index >= 15 is 0 Å². The first kappa shape index (κ1) is 23.6. The van der Waals surface area contributed by atoms with Gasteiger partial charge in [-0.2, -0.15) is 0 Å². The zero-order chi connectivity index (χ0) is 22.6. The van der Waals surface area contributed by atoms with Crippen molar-refractivity contribution in [2.45, 2.75) is 68.2 Å². The molecule has 0 radical (unpaired) electrons. The molecule has 1 aromatic carbocycles. The first-order valence-corrected chi connectivity index (χ1v) is 11.7. The monoisotopic (exact) mass is 448 g/mol. The molecular weight excluding hydrogens is 416 g/mol. The lowest BCUT2D eigenvalue weighted by atomic mass is 10.0. The molecule has 0 saturated carbocycles. The Labute approximate surface area is 187 Å². The van der Waals surface area contributed by atoms with Gasteiger partial charge in [-0.15, -0.1) is 11.8 Å². The van der Waals surface area contributed by atoms with E-state index < -0.39 is 42.2 Å². The maximum absolute atomic E-state index is 13.4. The summed E-state index contributed by atoms with van der Waals surface area (Å²) in [5.74, 6) is -0.567. The van der Waals surface area contributed by atoms with Crippen molar-refractivity contribution in [3.8, 4) is 0 Å². The minimum Gasteiger partial charge on any atom is -0.394 e. The van der Waals surface area contributed by atoms with E-state index in [0.717, 1.165) is 11.3 Å². The number of nitrogens with one attached hydrogen (secondary N) is 3. The first-order chi connectivity index (χ1) is 14.7. The molecule has 4 N–H and O–H groups in total. The highest BCUT2D eigenvalue weighted by molar-refractivity contribution is 7.99. The number of hydrogen-bond donors (Lipinski definition) is 4. The number of carbonyl (C=O) groups is 3. The molecule has 1 unspecified atom stereocenters. The number of amides is 3. The third-order valence-corrected chi connectivity index (χ3v) is 6.55. The van der Waals surface area contributed by atoms with E-state index in [9.17, 15) is 19.5 Å². The highest BCUT2D eigenvalue weighted by Crippen LogP contribution is 2.27. The van der Waals surface area contributed by atoms with Gasteiger partial charge in [-0.1, -0.05) is 18.2 Å². The summed E-state index contributed by atoms with van der Waals surface area (Å²) in [6.07, 6.45) is 1.39. The Kier molecular flexibility index (Phi) is 7.61. The summed E-state index contributed by atoms with van der Waals surface area (Å²) in [4.78, 5) is 42.1. The summed E-state index contributed by atoms with van der Waals surface area (Å²) in [6, 6.07) is 6.98. The van der Waals surface area contributed by atoms with Crippen LogP contribution in [0.2, 0.25) is 0 Å². The van der Waals surface area contributed by atoms with Gasteiger partial charge in [0.2, 0.25) is 17.7 Å². The van der Waals surface area contributed by atoms with Crippen LogP contribution in [0.5, 0.6) is 0 Å². The number of aliphatic hydroxyl groups is 1. The van der Waals surface area contributed by atoms with Gasteiger partial charge in [0, 0.05) is 16.2 Å². The molecular formula is C22H32N4O4S. The minimum atomic E-state index is -1.04. The van der Waals surface area contributed by atoms with Crippen molar-refractivity contribution in [3.63, 3.8) is 0 Å². The molecule has 2 aliphatic heterocycles. The van der Waals surface area contributed by atoms with Crippen LogP contribution in [0.4, 0.5) is 0 Å². The van der Waals surface area contributed by atoms with E-state index in [0.29, 0.717) is 18.7 Å². The van der Waals surface area contributed by atoms with Gasteiger partial charge in [-0.25, -0.2) is 0 Å². The van der Waals surface area contributed by atoms with Gasteiger partial charge >= 0.3 is 0 Å². The molecule has 2 saturated heterocycles. The van der Waals surface area contributed by atoms with Gasteiger partial charge in [0.1, 0.15) is 12.1 Å². The van der Waals surface area contributed by atoms with Crippen molar-refractivity contribution in [3.05, 3.63) is 30.3 Å². The topological polar surface area (TPSA) is 111 Å². The summed E-state index contributed by atoms with van der Waals surface area (Å²) in [6.45, 7) is 5.81. The summed E-state index contributed by atoms with van der Waals surface area (Å²) in [7, 11) is 0. The third-order valence-electron chi connectivity index (χ3n) is 5.42.